The van der Waals surface area contributed by atoms with Crippen LogP contribution in [0.1, 0.15) is 60.3 Å². The fourth-order valence-electron chi connectivity index (χ4n) is 2.34. The number of hydrogen-bond acceptors (Lipinski definition) is 1. The van der Waals surface area contributed by atoms with Crippen molar-refractivity contribution in [2.45, 2.75) is 65.8 Å². The molecule has 0 heterocycles. The molecule has 0 aromatic rings. The van der Waals surface area contributed by atoms with Crippen LogP contribution in [-0.4, -0.2) is 12.1 Å². The Morgan fingerprint density at radius 2 is 1.50 bits per heavy atom. The van der Waals surface area contributed by atoms with Gasteiger partial charge in [-0.1, -0.05) is 26.7 Å². The van der Waals surface area contributed by atoms with E-state index in [1.165, 1.54) is 25.7 Å². The highest BCUT2D eigenvalue weighted by atomic mass is 15.0. The van der Waals surface area contributed by atoms with E-state index in [1.807, 2.05) is 0 Å². The summed E-state index contributed by atoms with van der Waals surface area (Å²) in [5, 5.41) is 3.64. The minimum atomic E-state index is 0.260. The van der Waals surface area contributed by atoms with Gasteiger partial charge >= 0.3 is 0 Å². The van der Waals surface area contributed by atoms with E-state index in [9.17, 15) is 0 Å². The average Bonchev–Trinajstić information content (AvgIpc) is 2.52. The van der Waals surface area contributed by atoms with Crippen molar-refractivity contribution in [3.8, 4) is 0 Å². The molecule has 1 saturated carbocycles. The lowest BCUT2D eigenvalue weighted by Crippen LogP contribution is -2.44. The summed E-state index contributed by atoms with van der Waals surface area (Å²) < 4.78 is 0. The molecule has 1 heteroatoms. The van der Waals surface area contributed by atoms with Crippen LogP contribution in [0.15, 0.2) is 0 Å². The molecule has 0 spiro atoms. The van der Waals surface area contributed by atoms with Crippen LogP contribution in [-0.2, 0) is 0 Å². The third kappa shape index (κ3) is 3.61. The van der Waals surface area contributed by atoms with Crippen LogP contribution in [0.5, 0.6) is 0 Å². The Balaban J connectivity index is 2.40. The SMILES string of the molecule is CC(C)(C)NCC(C)(C)C1CCCC1. The molecule has 0 radical (unpaired) electrons. The summed E-state index contributed by atoms with van der Waals surface area (Å²) in [5.74, 6) is 0.942. The van der Waals surface area contributed by atoms with Gasteiger partial charge in [-0.2, -0.15) is 0 Å². The Kier molecular flexibility index (Phi) is 3.63. The largest absolute Gasteiger partial charge is 0.312 e. The molecule has 1 rings (SSSR count). The minimum Gasteiger partial charge on any atom is -0.312 e. The monoisotopic (exact) mass is 197 g/mol. The molecule has 0 saturated heterocycles. The lowest BCUT2D eigenvalue weighted by atomic mass is 9.77. The van der Waals surface area contributed by atoms with Gasteiger partial charge in [0.2, 0.25) is 0 Å². The van der Waals surface area contributed by atoms with E-state index in [0.29, 0.717) is 5.41 Å². The third-order valence-corrected chi connectivity index (χ3v) is 3.53. The van der Waals surface area contributed by atoms with Crippen LogP contribution in [0.25, 0.3) is 0 Å². The van der Waals surface area contributed by atoms with Crippen LogP contribution >= 0.6 is 0 Å². The van der Waals surface area contributed by atoms with E-state index in [4.69, 9.17) is 0 Å². The lowest BCUT2D eigenvalue weighted by Gasteiger charge is -2.35. The molecule has 0 aromatic carbocycles. The van der Waals surface area contributed by atoms with Gasteiger partial charge < -0.3 is 5.32 Å². The highest BCUT2D eigenvalue weighted by Gasteiger charge is 2.32. The first-order valence-corrected chi connectivity index (χ1v) is 6.06. The van der Waals surface area contributed by atoms with Gasteiger partial charge in [0.15, 0.2) is 0 Å². The van der Waals surface area contributed by atoms with Crippen molar-refractivity contribution >= 4 is 0 Å². The van der Waals surface area contributed by atoms with E-state index >= 15 is 0 Å². The first-order valence-electron chi connectivity index (χ1n) is 6.06. The molecule has 84 valence electrons. The van der Waals surface area contributed by atoms with Crippen molar-refractivity contribution in [3.63, 3.8) is 0 Å². The van der Waals surface area contributed by atoms with Gasteiger partial charge in [-0.05, 0) is 44.9 Å². The van der Waals surface area contributed by atoms with Gasteiger partial charge in [0.1, 0.15) is 0 Å². The molecule has 0 amide bonds. The average molecular weight is 197 g/mol. The van der Waals surface area contributed by atoms with E-state index in [-0.39, 0.29) is 5.54 Å². The molecule has 0 unspecified atom stereocenters. The summed E-state index contributed by atoms with van der Waals surface area (Å²) in [7, 11) is 0. The first-order chi connectivity index (χ1) is 6.31. The van der Waals surface area contributed by atoms with Crippen molar-refractivity contribution in [1.29, 1.82) is 0 Å². The zero-order valence-corrected chi connectivity index (χ0v) is 10.6. The van der Waals surface area contributed by atoms with Crippen LogP contribution in [0, 0.1) is 11.3 Å². The Hall–Kier alpha value is -0.0400. The smallest absolute Gasteiger partial charge is 0.00967 e. The Morgan fingerprint density at radius 1 is 1.00 bits per heavy atom. The predicted octanol–water partition coefficient (Wildman–Crippen LogP) is 3.59. The summed E-state index contributed by atoms with van der Waals surface area (Å²) in [4.78, 5) is 0. The zero-order chi connectivity index (χ0) is 10.8. The second-order valence-corrected chi connectivity index (χ2v) is 6.57. The number of nitrogens with one attached hydrogen (secondary N) is 1. The molecule has 0 atom stereocenters. The van der Waals surface area contributed by atoms with Gasteiger partial charge in [0.05, 0.1) is 0 Å². The zero-order valence-electron chi connectivity index (χ0n) is 10.6. The molecular formula is C13H27N. The number of rotatable bonds is 3. The summed E-state index contributed by atoms with van der Waals surface area (Å²) in [5.41, 5.74) is 0.736. The molecule has 0 aromatic heterocycles. The Labute approximate surface area is 89.7 Å². The highest BCUT2D eigenvalue weighted by molar-refractivity contribution is 4.86. The van der Waals surface area contributed by atoms with Crippen LogP contribution in [0.4, 0.5) is 0 Å². The Bertz CT molecular complexity index is 170. The van der Waals surface area contributed by atoms with E-state index in [1.54, 1.807) is 0 Å². The van der Waals surface area contributed by atoms with E-state index < -0.39 is 0 Å². The molecule has 0 bridgehead atoms. The van der Waals surface area contributed by atoms with Crippen LogP contribution < -0.4 is 5.32 Å². The van der Waals surface area contributed by atoms with Crippen LogP contribution in [0.2, 0.25) is 0 Å². The summed E-state index contributed by atoms with van der Waals surface area (Å²) in [6, 6.07) is 0. The first kappa shape index (κ1) is 12.0. The van der Waals surface area contributed by atoms with Crippen molar-refractivity contribution in [2.75, 3.05) is 6.54 Å². The molecule has 14 heavy (non-hydrogen) atoms. The summed E-state index contributed by atoms with van der Waals surface area (Å²) >= 11 is 0. The molecule has 1 aliphatic rings. The number of hydrogen-bond donors (Lipinski definition) is 1. The Morgan fingerprint density at radius 3 is 1.93 bits per heavy atom. The van der Waals surface area contributed by atoms with Crippen molar-refractivity contribution in [2.24, 2.45) is 11.3 Å². The molecule has 1 N–H and O–H groups in total. The second kappa shape index (κ2) is 4.22. The standard InChI is InChI=1S/C13H27N/c1-12(2,3)14-10-13(4,5)11-8-6-7-9-11/h11,14H,6-10H2,1-5H3. The fourth-order valence-corrected chi connectivity index (χ4v) is 2.34. The van der Waals surface area contributed by atoms with Gasteiger partial charge in [0, 0.05) is 12.1 Å². The fraction of sp³-hybridized carbons (Fsp3) is 1.00. The van der Waals surface area contributed by atoms with Crippen LogP contribution in [0.3, 0.4) is 0 Å². The highest BCUT2D eigenvalue weighted by Crippen LogP contribution is 2.39. The topological polar surface area (TPSA) is 12.0 Å². The van der Waals surface area contributed by atoms with E-state index in [0.717, 1.165) is 12.5 Å². The molecule has 1 aliphatic carbocycles. The van der Waals surface area contributed by atoms with Gasteiger partial charge in [0.25, 0.3) is 0 Å². The van der Waals surface area contributed by atoms with Crippen molar-refractivity contribution in [1.82, 2.24) is 5.32 Å². The maximum absolute atomic E-state index is 3.64. The maximum Gasteiger partial charge on any atom is 0.00967 e. The predicted molar refractivity (Wildman–Crippen MR) is 63.5 cm³/mol. The molecular weight excluding hydrogens is 170 g/mol. The van der Waals surface area contributed by atoms with Gasteiger partial charge in [-0.25, -0.2) is 0 Å². The quantitative estimate of drug-likeness (QED) is 0.729. The summed E-state index contributed by atoms with van der Waals surface area (Å²) in [6.07, 6.45) is 5.78. The van der Waals surface area contributed by atoms with Crippen molar-refractivity contribution < 1.29 is 0 Å². The summed E-state index contributed by atoms with van der Waals surface area (Å²) in [6.45, 7) is 12.7. The van der Waals surface area contributed by atoms with E-state index in [2.05, 4.69) is 39.9 Å². The molecule has 0 aliphatic heterocycles. The lowest BCUT2D eigenvalue weighted by molar-refractivity contribution is 0.189. The van der Waals surface area contributed by atoms with Gasteiger partial charge in [-0.15, -0.1) is 0 Å². The van der Waals surface area contributed by atoms with Crippen molar-refractivity contribution in [3.05, 3.63) is 0 Å². The van der Waals surface area contributed by atoms with Gasteiger partial charge in [-0.3, -0.25) is 0 Å². The normalized spacial score (nSPS) is 20.4. The minimum absolute atomic E-state index is 0.260. The second-order valence-electron chi connectivity index (χ2n) is 6.57. The third-order valence-electron chi connectivity index (χ3n) is 3.53. The maximum atomic E-state index is 3.64. The molecule has 1 nitrogen and oxygen atoms in total. The molecule has 1 fully saturated rings.